The van der Waals surface area contributed by atoms with Crippen molar-refractivity contribution in [1.82, 2.24) is 0 Å². The first-order valence-electron chi connectivity index (χ1n) is 3.82. The predicted octanol–water partition coefficient (Wildman–Crippen LogP) is -0.214. The number of hydrogen-bond donors (Lipinski definition) is 1. The van der Waals surface area contributed by atoms with Crippen molar-refractivity contribution >= 4 is 12.6 Å². The van der Waals surface area contributed by atoms with Crippen molar-refractivity contribution in [2.75, 3.05) is 6.61 Å². The maximum atomic E-state index is 10.3. The van der Waals surface area contributed by atoms with Gasteiger partial charge in [-0.15, -0.1) is 0 Å². The van der Waals surface area contributed by atoms with E-state index in [-0.39, 0.29) is 6.61 Å². The second-order valence-corrected chi connectivity index (χ2v) is 2.69. The Labute approximate surface area is 71.5 Å². The van der Waals surface area contributed by atoms with Crippen molar-refractivity contribution in [3.8, 4) is 0 Å². The van der Waals surface area contributed by atoms with Crippen LogP contribution in [-0.2, 0) is 14.3 Å². The van der Waals surface area contributed by atoms with Gasteiger partial charge in [-0.3, -0.25) is 0 Å². The van der Waals surface area contributed by atoms with Gasteiger partial charge in [-0.25, -0.2) is 0 Å². The van der Waals surface area contributed by atoms with Crippen LogP contribution in [0.3, 0.4) is 0 Å². The van der Waals surface area contributed by atoms with Gasteiger partial charge in [0.25, 0.3) is 0 Å². The van der Waals surface area contributed by atoms with Gasteiger partial charge < -0.3 is 19.4 Å². The third-order valence-corrected chi connectivity index (χ3v) is 1.56. The molecule has 0 heterocycles. The van der Waals surface area contributed by atoms with Crippen molar-refractivity contribution < 1.29 is 19.4 Å². The van der Waals surface area contributed by atoms with Crippen LogP contribution in [0.1, 0.15) is 13.8 Å². The first kappa shape index (κ1) is 11.3. The Hall–Kier alpha value is -0.740. The highest BCUT2D eigenvalue weighted by molar-refractivity contribution is 5.56. The van der Waals surface area contributed by atoms with E-state index >= 15 is 0 Å². The second kappa shape index (κ2) is 5.85. The minimum atomic E-state index is -0.581. The number of ether oxygens (including phenoxy) is 1. The molecule has 0 rings (SSSR count). The van der Waals surface area contributed by atoms with Crippen molar-refractivity contribution in [3.05, 3.63) is 0 Å². The number of carbonyl (C=O) groups excluding carboxylic acids is 2. The molecular formula is C8H14O4. The molecule has 12 heavy (non-hydrogen) atoms. The summed E-state index contributed by atoms with van der Waals surface area (Å²) < 4.78 is 5.05. The van der Waals surface area contributed by atoms with Gasteiger partial charge in [0.05, 0.1) is 12.7 Å². The summed E-state index contributed by atoms with van der Waals surface area (Å²) in [5.41, 5.74) is 0. The Balaban J connectivity index is 3.97. The lowest BCUT2D eigenvalue weighted by atomic mass is 10.1. The fourth-order valence-electron chi connectivity index (χ4n) is 0.729. The maximum absolute atomic E-state index is 10.3. The van der Waals surface area contributed by atoms with Gasteiger partial charge in [-0.2, -0.15) is 0 Å². The van der Waals surface area contributed by atoms with Crippen molar-refractivity contribution in [1.29, 1.82) is 0 Å². The normalized spacial score (nSPS) is 17.9. The molecule has 0 aliphatic carbocycles. The van der Waals surface area contributed by atoms with Gasteiger partial charge in [-0.1, -0.05) is 6.92 Å². The number of aliphatic hydroxyl groups excluding tert-OH is 1. The molecule has 1 N–H and O–H groups in total. The van der Waals surface area contributed by atoms with Crippen LogP contribution in [0.2, 0.25) is 0 Å². The first-order chi connectivity index (χ1) is 5.65. The highest BCUT2D eigenvalue weighted by Crippen LogP contribution is 2.06. The number of hydrogen-bond acceptors (Lipinski definition) is 4. The SMILES string of the molecule is C[C@H](C=O)OC(CO)[C@@H](C)C=O. The van der Waals surface area contributed by atoms with Crippen LogP contribution in [0.5, 0.6) is 0 Å². The van der Waals surface area contributed by atoms with Gasteiger partial charge >= 0.3 is 0 Å². The smallest absolute Gasteiger partial charge is 0.148 e. The second-order valence-electron chi connectivity index (χ2n) is 2.69. The van der Waals surface area contributed by atoms with Crippen molar-refractivity contribution in [2.45, 2.75) is 26.1 Å². The van der Waals surface area contributed by atoms with E-state index in [1.165, 1.54) is 0 Å². The molecule has 0 fully saturated rings. The Morgan fingerprint density at radius 3 is 2.25 bits per heavy atom. The van der Waals surface area contributed by atoms with Crippen LogP contribution in [0.15, 0.2) is 0 Å². The molecule has 0 bridgehead atoms. The zero-order valence-electron chi connectivity index (χ0n) is 7.27. The Morgan fingerprint density at radius 2 is 1.92 bits per heavy atom. The fourth-order valence-corrected chi connectivity index (χ4v) is 0.729. The average molecular weight is 174 g/mol. The summed E-state index contributed by atoms with van der Waals surface area (Å²) in [5, 5.41) is 8.77. The van der Waals surface area contributed by atoms with Crippen LogP contribution in [0.25, 0.3) is 0 Å². The summed E-state index contributed by atoms with van der Waals surface area (Å²) >= 11 is 0. The number of aldehydes is 2. The van der Waals surface area contributed by atoms with E-state index in [0.717, 1.165) is 0 Å². The van der Waals surface area contributed by atoms with Crippen molar-refractivity contribution in [2.24, 2.45) is 5.92 Å². The molecular weight excluding hydrogens is 160 g/mol. The van der Waals surface area contributed by atoms with E-state index in [4.69, 9.17) is 9.84 Å². The standard InChI is InChI=1S/C8H14O4/c1-6(3-9)8(5-11)12-7(2)4-10/h3-4,6-8,11H,5H2,1-2H3/t6-,7+,8?/m0/s1. The number of aliphatic hydroxyl groups is 1. The van der Waals surface area contributed by atoms with E-state index in [9.17, 15) is 9.59 Å². The minimum absolute atomic E-state index is 0.252. The molecule has 0 amide bonds. The molecule has 1 unspecified atom stereocenters. The van der Waals surface area contributed by atoms with Crippen LogP contribution in [-0.4, -0.2) is 36.5 Å². The molecule has 0 radical (unpaired) electrons. The summed E-state index contributed by atoms with van der Waals surface area (Å²) in [6.07, 6.45) is 0.158. The molecule has 3 atom stereocenters. The fraction of sp³-hybridized carbons (Fsp3) is 0.750. The van der Waals surface area contributed by atoms with Gasteiger partial charge in [0.2, 0.25) is 0 Å². The molecule has 0 spiro atoms. The third kappa shape index (κ3) is 3.59. The molecule has 0 aliphatic heterocycles. The van der Waals surface area contributed by atoms with E-state index in [1.54, 1.807) is 13.8 Å². The molecule has 0 aromatic rings. The van der Waals surface area contributed by atoms with E-state index < -0.39 is 18.1 Å². The quantitative estimate of drug-likeness (QED) is 0.566. The molecule has 4 nitrogen and oxygen atoms in total. The topological polar surface area (TPSA) is 63.6 Å². The maximum Gasteiger partial charge on any atom is 0.148 e. The Morgan fingerprint density at radius 1 is 1.33 bits per heavy atom. The molecule has 0 saturated heterocycles. The zero-order valence-corrected chi connectivity index (χ0v) is 7.27. The lowest BCUT2D eigenvalue weighted by Crippen LogP contribution is -2.31. The summed E-state index contributed by atoms with van der Waals surface area (Å²) in [6.45, 7) is 2.94. The van der Waals surface area contributed by atoms with E-state index in [0.29, 0.717) is 12.6 Å². The molecule has 0 aliphatic rings. The van der Waals surface area contributed by atoms with Crippen LogP contribution < -0.4 is 0 Å². The Kier molecular flexibility index (Phi) is 5.49. The van der Waals surface area contributed by atoms with E-state index in [1.807, 2.05) is 0 Å². The zero-order chi connectivity index (χ0) is 9.56. The summed E-state index contributed by atoms with van der Waals surface area (Å²) in [7, 11) is 0. The molecule has 0 aromatic carbocycles. The first-order valence-corrected chi connectivity index (χ1v) is 3.82. The van der Waals surface area contributed by atoms with Crippen LogP contribution >= 0.6 is 0 Å². The molecule has 4 heteroatoms. The molecule has 0 saturated carbocycles. The summed E-state index contributed by atoms with van der Waals surface area (Å²) in [4.78, 5) is 20.5. The Bertz CT molecular complexity index is 146. The minimum Gasteiger partial charge on any atom is -0.394 e. The number of carbonyl (C=O) groups is 2. The van der Waals surface area contributed by atoms with Gasteiger partial charge in [0.15, 0.2) is 0 Å². The van der Waals surface area contributed by atoms with Crippen LogP contribution in [0, 0.1) is 5.92 Å². The lowest BCUT2D eigenvalue weighted by molar-refractivity contribution is -0.130. The number of rotatable bonds is 6. The lowest BCUT2D eigenvalue weighted by Gasteiger charge is -2.19. The monoisotopic (exact) mass is 174 g/mol. The molecule has 70 valence electrons. The average Bonchev–Trinajstić information content (AvgIpc) is 2.12. The summed E-state index contributed by atoms with van der Waals surface area (Å²) in [5.74, 6) is -0.391. The van der Waals surface area contributed by atoms with E-state index in [2.05, 4.69) is 0 Å². The van der Waals surface area contributed by atoms with Crippen molar-refractivity contribution in [3.63, 3.8) is 0 Å². The van der Waals surface area contributed by atoms with Gasteiger partial charge in [0.1, 0.15) is 18.7 Å². The highest BCUT2D eigenvalue weighted by Gasteiger charge is 2.18. The third-order valence-electron chi connectivity index (χ3n) is 1.56. The van der Waals surface area contributed by atoms with Gasteiger partial charge in [0, 0.05) is 5.92 Å². The molecule has 0 aromatic heterocycles. The van der Waals surface area contributed by atoms with Crippen LogP contribution in [0.4, 0.5) is 0 Å². The predicted molar refractivity (Wildman–Crippen MR) is 42.7 cm³/mol. The highest BCUT2D eigenvalue weighted by atomic mass is 16.5. The van der Waals surface area contributed by atoms with Gasteiger partial charge in [-0.05, 0) is 6.92 Å². The largest absolute Gasteiger partial charge is 0.394 e. The summed E-state index contributed by atoms with van der Waals surface area (Å²) in [6, 6.07) is 0.